The zero-order chi connectivity index (χ0) is 20.3. The van der Waals surface area contributed by atoms with Crippen molar-refractivity contribution < 1.29 is 66.5 Å². The van der Waals surface area contributed by atoms with Crippen LogP contribution in [-0.2, 0) is 24.1 Å². The Bertz CT molecular complexity index is 417. The number of hydrogen-bond acceptors (Lipinski definition) is 8. The second-order valence-electron chi connectivity index (χ2n) is 6.08. The van der Waals surface area contributed by atoms with Crippen molar-refractivity contribution in [1.29, 1.82) is 0 Å². The van der Waals surface area contributed by atoms with Crippen molar-refractivity contribution in [1.82, 2.24) is 0 Å². The maximum absolute atomic E-state index is 9.66. The third-order valence-electron chi connectivity index (χ3n) is 3.38. The van der Waals surface area contributed by atoms with E-state index < -0.39 is 22.5 Å². The Labute approximate surface area is 186 Å². The minimum atomic E-state index is -4.82. The number of unbranched alkanes of at least 4 members (excludes halogenated alkanes) is 9. The van der Waals surface area contributed by atoms with Crippen LogP contribution >= 0.6 is 0 Å². The molecular weight excluding hydrogens is 387 g/mol. The molecule has 0 heterocycles. The van der Waals surface area contributed by atoms with Crippen molar-refractivity contribution in [3.8, 4) is 0 Å². The Kier molecular flexibility index (Phi) is 26.7. The molecule has 1 atom stereocenters. The molecule has 0 spiro atoms. The third-order valence-corrected chi connectivity index (χ3v) is 3.82. The maximum Gasteiger partial charge on any atom is 1.00 e. The van der Waals surface area contributed by atoms with Gasteiger partial charge < -0.3 is 23.7 Å². The number of aliphatic hydroxyl groups excluding tert-OH is 2. The second kappa shape index (κ2) is 22.5. The summed E-state index contributed by atoms with van der Waals surface area (Å²) < 4.78 is 36.8. The number of carbonyl (C=O) groups excluding carboxylic acids is 1. The minimum absolute atomic E-state index is 0. The average molecular weight is 423 g/mol. The molecule has 0 aliphatic rings. The van der Waals surface area contributed by atoms with Gasteiger partial charge in [0.2, 0.25) is 0 Å². The molecule has 0 fully saturated rings. The van der Waals surface area contributed by atoms with E-state index in [9.17, 15) is 17.8 Å². The Morgan fingerprint density at radius 2 is 1.44 bits per heavy atom. The summed E-state index contributed by atoms with van der Waals surface area (Å²) in [5.74, 6) is -1.13. The minimum Gasteiger partial charge on any atom is -0.716 e. The smallest absolute Gasteiger partial charge is 0.716 e. The van der Waals surface area contributed by atoms with Crippen LogP contribution in [0.3, 0.4) is 0 Å². The van der Waals surface area contributed by atoms with Gasteiger partial charge in [-0.15, -0.1) is 0 Å². The van der Waals surface area contributed by atoms with Crippen LogP contribution in [0.4, 0.5) is 0 Å². The fourth-order valence-corrected chi connectivity index (χ4v) is 2.39. The summed E-state index contributed by atoms with van der Waals surface area (Å²) in [5, 5.41) is 17.6. The maximum atomic E-state index is 9.66. The summed E-state index contributed by atoms with van der Waals surface area (Å²) in [6, 6.07) is 0. The molecule has 0 aromatic carbocycles. The second-order valence-corrected chi connectivity index (χ2v) is 7.06. The van der Waals surface area contributed by atoms with Crippen LogP contribution in [0.2, 0.25) is 0 Å². The normalized spacial score (nSPS) is 11.7. The van der Waals surface area contributed by atoms with Gasteiger partial charge >= 0.3 is 35.5 Å². The molecule has 2 N–H and O–H groups in total. The van der Waals surface area contributed by atoms with Gasteiger partial charge in [0.05, 0.1) is 13.2 Å². The number of hydrogen-bond donors (Lipinski definition) is 2. The first kappa shape index (κ1) is 31.9. The van der Waals surface area contributed by atoms with Gasteiger partial charge in [-0.1, -0.05) is 64.7 Å². The Hall–Kier alpha value is 0.260. The van der Waals surface area contributed by atoms with Crippen molar-refractivity contribution in [2.75, 3.05) is 19.8 Å². The van der Waals surface area contributed by atoms with E-state index in [0.717, 1.165) is 13.3 Å². The summed E-state index contributed by atoms with van der Waals surface area (Å²) in [7, 11) is -4.82. The largest absolute Gasteiger partial charge is 1.00 e. The molecule has 0 amide bonds. The topological polar surface area (TPSA) is 133 Å². The van der Waals surface area contributed by atoms with Crippen molar-refractivity contribution >= 4 is 16.4 Å². The first-order valence-electron chi connectivity index (χ1n) is 9.25. The first-order valence-corrected chi connectivity index (χ1v) is 10.6. The molecule has 1 unspecified atom stereocenters. The number of aliphatic hydroxyl groups is 2. The predicted octanol–water partition coefficient (Wildman–Crippen LogP) is -0.709. The van der Waals surface area contributed by atoms with E-state index >= 15 is 0 Å². The van der Waals surface area contributed by atoms with Gasteiger partial charge in [0.15, 0.2) is 0 Å². The molecule has 8 nitrogen and oxygen atoms in total. The fourth-order valence-electron chi connectivity index (χ4n) is 2.11. The summed E-state index contributed by atoms with van der Waals surface area (Å²) in [4.78, 5) is 9.66. The monoisotopic (exact) mass is 422 g/mol. The number of carbonyl (C=O) groups is 1. The fraction of sp³-hybridized carbons (Fsp3) is 0.941. The first-order chi connectivity index (χ1) is 12.2. The molecule has 0 saturated carbocycles. The van der Waals surface area contributed by atoms with E-state index in [1.165, 1.54) is 57.8 Å². The van der Waals surface area contributed by atoms with Crippen LogP contribution in [0.1, 0.15) is 78.1 Å². The zero-order valence-electron chi connectivity index (χ0n) is 17.0. The van der Waals surface area contributed by atoms with Crippen molar-refractivity contribution in [2.45, 2.75) is 84.2 Å². The molecule has 0 radical (unpaired) electrons. The summed E-state index contributed by atoms with van der Waals surface area (Å²) >= 11 is 0. The molecule has 0 saturated heterocycles. The Morgan fingerprint density at radius 1 is 1.00 bits per heavy atom. The molecule has 10 heteroatoms. The predicted molar refractivity (Wildman–Crippen MR) is 97.2 cm³/mol. The van der Waals surface area contributed by atoms with E-state index in [4.69, 9.17) is 14.9 Å². The third kappa shape index (κ3) is 34.2. The molecule has 0 aromatic heterocycles. The van der Waals surface area contributed by atoms with Crippen molar-refractivity contribution in [3.05, 3.63) is 0 Å². The van der Waals surface area contributed by atoms with Gasteiger partial charge in [0.25, 0.3) is 10.4 Å². The number of ether oxygens (including phenoxy) is 1. The standard InChI is InChI=1S/C15H32O3.C2H4O5S.Na/c1-2-3-4-5-6-7-8-9-10-11-12-18-14-15(17)13-16;1-2(3)7-8(4,5)6;/h15-17H,2-14H2,1H3;1H3,(H,4,5,6);/q;;+1/p-1. The van der Waals surface area contributed by atoms with Gasteiger partial charge in [-0.05, 0) is 6.42 Å². The zero-order valence-corrected chi connectivity index (χ0v) is 19.8. The van der Waals surface area contributed by atoms with Crippen molar-refractivity contribution in [3.63, 3.8) is 0 Å². The van der Waals surface area contributed by atoms with E-state index in [0.29, 0.717) is 6.61 Å². The van der Waals surface area contributed by atoms with Crippen LogP contribution < -0.4 is 29.6 Å². The molecule has 0 aliphatic carbocycles. The SMILES string of the molecule is CC(=O)OS(=O)(=O)[O-].CCCCCCCCCCCCOCC(O)CO.[Na+]. The summed E-state index contributed by atoms with van der Waals surface area (Å²) in [6.45, 7) is 3.83. The van der Waals surface area contributed by atoms with E-state index in [1.807, 2.05) is 0 Å². The van der Waals surface area contributed by atoms with Crippen LogP contribution in [-0.4, -0.2) is 55.1 Å². The van der Waals surface area contributed by atoms with Crippen molar-refractivity contribution in [2.24, 2.45) is 0 Å². The van der Waals surface area contributed by atoms with Gasteiger partial charge in [-0.3, -0.25) is 4.79 Å². The molecule has 158 valence electrons. The van der Waals surface area contributed by atoms with E-state index in [2.05, 4.69) is 11.1 Å². The molecule has 27 heavy (non-hydrogen) atoms. The van der Waals surface area contributed by atoms with Crippen LogP contribution in [0, 0.1) is 0 Å². The van der Waals surface area contributed by atoms with Gasteiger partial charge in [0, 0.05) is 13.5 Å². The number of rotatable bonds is 15. The Balaban J connectivity index is -0.000000542. The summed E-state index contributed by atoms with van der Waals surface area (Å²) in [5.41, 5.74) is 0. The summed E-state index contributed by atoms with van der Waals surface area (Å²) in [6.07, 6.45) is 12.5. The molecule has 0 aliphatic heterocycles. The van der Waals surface area contributed by atoms with E-state index in [-0.39, 0.29) is 42.8 Å². The van der Waals surface area contributed by atoms with Gasteiger partial charge in [0.1, 0.15) is 6.10 Å². The quantitative estimate of drug-likeness (QED) is 0.153. The Morgan fingerprint density at radius 3 is 1.78 bits per heavy atom. The van der Waals surface area contributed by atoms with E-state index in [1.54, 1.807) is 0 Å². The molecule has 0 bridgehead atoms. The molecule has 0 aromatic rings. The van der Waals surface area contributed by atoms with Crippen LogP contribution in [0.15, 0.2) is 0 Å². The average Bonchev–Trinajstić information content (AvgIpc) is 2.54. The molecule has 0 rings (SSSR count). The molecular formula is C17H35NaO8S. The van der Waals surface area contributed by atoms with Gasteiger partial charge in [-0.25, -0.2) is 8.42 Å². The van der Waals surface area contributed by atoms with Crippen LogP contribution in [0.25, 0.3) is 0 Å². The van der Waals surface area contributed by atoms with Crippen LogP contribution in [0.5, 0.6) is 0 Å². The van der Waals surface area contributed by atoms with Gasteiger partial charge in [-0.2, -0.15) is 0 Å².